The number of likely N-dealkylation sites (tertiary alicyclic amines) is 1. The maximum Gasteiger partial charge on any atom is 0.220 e. The molecule has 21 heavy (non-hydrogen) atoms. The van der Waals surface area contributed by atoms with Crippen LogP contribution in [0.5, 0.6) is 0 Å². The van der Waals surface area contributed by atoms with E-state index in [1.165, 1.54) is 0 Å². The van der Waals surface area contributed by atoms with Crippen LogP contribution in [0, 0.1) is 6.92 Å². The molecule has 6 heteroatoms. The molecule has 0 saturated carbocycles. The average molecular weight is 285 g/mol. The predicted octanol–water partition coefficient (Wildman–Crippen LogP) is 2.25. The first-order chi connectivity index (χ1) is 10.1. The molecule has 0 aromatic carbocycles. The Hall–Kier alpha value is -2.24. The minimum absolute atomic E-state index is 0.0552. The van der Waals surface area contributed by atoms with Crippen LogP contribution >= 0.6 is 0 Å². The van der Waals surface area contributed by atoms with Crippen molar-refractivity contribution in [3.8, 4) is 11.4 Å². The molecule has 1 amide bonds. The maximum atomic E-state index is 11.8. The molecule has 2 aromatic heterocycles. The first-order valence-electron chi connectivity index (χ1n) is 7.27. The Morgan fingerprint density at radius 1 is 1.38 bits per heavy atom. The topological polar surface area (TPSA) is 74.8 Å². The lowest BCUT2D eigenvalue weighted by atomic mass is 9.98. The number of amides is 1. The average Bonchev–Trinajstić information content (AvgIpc) is 3.01. The lowest BCUT2D eigenvalue weighted by Gasteiger charge is -2.34. The van der Waals surface area contributed by atoms with Gasteiger partial charge in [0.25, 0.3) is 0 Å². The number of hydrogen-bond acceptors (Lipinski definition) is 4. The zero-order valence-electron chi connectivity index (χ0n) is 12.3. The number of piperidine rings is 1. The van der Waals surface area contributed by atoms with Crippen molar-refractivity contribution in [2.45, 2.75) is 39.2 Å². The smallest absolute Gasteiger partial charge is 0.220 e. The second-order valence-electron chi connectivity index (χ2n) is 5.42. The zero-order chi connectivity index (χ0) is 14.8. The first kappa shape index (κ1) is 13.7. The van der Waals surface area contributed by atoms with Gasteiger partial charge < -0.3 is 4.90 Å². The molecule has 0 bridgehead atoms. The predicted molar refractivity (Wildman–Crippen MR) is 78.3 cm³/mol. The lowest BCUT2D eigenvalue weighted by molar-refractivity contribution is -0.132. The summed E-state index contributed by atoms with van der Waals surface area (Å²) in [7, 11) is 0. The van der Waals surface area contributed by atoms with Crippen molar-refractivity contribution in [3.05, 3.63) is 29.8 Å². The molecule has 1 N–H and O–H groups in total. The molecule has 1 saturated heterocycles. The van der Waals surface area contributed by atoms with Gasteiger partial charge in [0.05, 0.1) is 23.1 Å². The standard InChI is InChI=1S/C15H19N5O/c1-10-17-13(12-6-7-16-19-12)9-14(18-10)15-5-3-4-8-20(15)11(2)21/h6-7,9,15H,3-5,8H2,1-2H3,(H,16,19). The summed E-state index contributed by atoms with van der Waals surface area (Å²) >= 11 is 0. The van der Waals surface area contributed by atoms with Crippen LogP contribution in [0.15, 0.2) is 18.3 Å². The Labute approximate surface area is 123 Å². The first-order valence-corrected chi connectivity index (χ1v) is 7.27. The quantitative estimate of drug-likeness (QED) is 0.918. The number of aryl methyl sites for hydroxylation is 1. The van der Waals surface area contributed by atoms with E-state index in [4.69, 9.17) is 0 Å². The summed E-state index contributed by atoms with van der Waals surface area (Å²) in [6.45, 7) is 4.31. The summed E-state index contributed by atoms with van der Waals surface area (Å²) in [4.78, 5) is 22.8. The highest BCUT2D eigenvalue weighted by Crippen LogP contribution is 2.31. The summed E-state index contributed by atoms with van der Waals surface area (Å²) in [5.41, 5.74) is 2.61. The van der Waals surface area contributed by atoms with E-state index in [1.807, 2.05) is 24.0 Å². The van der Waals surface area contributed by atoms with Crippen LogP contribution in [-0.4, -0.2) is 37.5 Å². The van der Waals surface area contributed by atoms with Crippen LogP contribution in [0.2, 0.25) is 0 Å². The van der Waals surface area contributed by atoms with Crippen LogP contribution in [0.1, 0.15) is 43.7 Å². The highest BCUT2D eigenvalue weighted by molar-refractivity contribution is 5.74. The van der Waals surface area contributed by atoms with Gasteiger partial charge in [-0.3, -0.25) is 9.89 Å². The summed E-state index contributed by atoms with van der Waals surface area (Å²) in [6.07, 6.45) is 4.85. The van der Waals surface area contributed by atoms with E-state index < -0.39 is 0 Å². The van der Waals surface area contributed by atoms with Gasteiger partial charge in [0.1, 0.15) is 5.82 Å². The summed E-state index contributed by atoms with van der Waals surface area (Å²) in [6, 6.07) is 3.90. The van der Waals surface area contributed by atoms with Gasteiger partial charge in [0.2, 0.25) is 5.91 Å². The molecule has 1 unspecified atom stereocenters. The zero-order valence-corrected chi connectivity index (χ0v) is 12.3. The summed E-state index contributed by atoms with van der Waals surface area (Å²) in [5.74, 6) is 0.824. The molecule has 2 aromatic rings. The van der Waals surface area contributed by atoms with E-state index in [0.717, 1.165) is 42.9 Å². The van der Waals surface area contributed by atoms with Gasteiger partial charge >= 0.3 is 0 Å². The van der Waals surface area contributed by atoms with Crippen LogP contribution in [0.4, 0.5) is 0 Å². The van der Waals surface area contributed by atoms with Crippen molar-refractivity contribution in [1.29, 1.82) is 0 Å². The normalized spacial score (nSPS) is 18.8. The number of rotatable bonds is 2. The van der Waals surface area contributed by atoms with Crippen LogP contribution in [0.3, 0.4) is 0 Å². The van der Waals surface area contributed by atoms with E-state index in [9.17, 15) is 4.79 Å². The van der Waals surface area contributed by atoms with Crippen LogP contribution in [-0.2, 0) is 4.79 Å². The van der Waals surface area contributed by atoms with Crippen molar-refractivity contribution in [1.82, 2.24) is 25.1 Å². The Morgan fingerprint density at radius 3 is 2.95 bits per heavy atom. The second-order valence-corrected chi connectivity index (χ2v) is 5.42. The number of nitrogens with one attached hydrogen (secondary N) is 1. The van der Waals surface area contributed by atoms with Crippen molar-refractivity contribution in [2.24, 2.45) is 0 Å². The summed E-state index contributed by atoms with van der Waals surface area (Å²) < 4.78 is 0. The molecule has 0 radical (unpaired) electrons. The molecule has 1 fully saturated rings. The number of aromatic nitrogens is 4. The van der Waals surface area contributed by atoms with E-state index >= 15 is 0 Å². The van der Waals surface area contributed by atoms with Gasteiger partial charge in [0, 0.05) is 19.7 Å². The monoisotopic (exact) mass is 285 g/mol. The van der Waals surface area contributed by atoms with Gasteiger partial charge in [-0.05, 0) is 38.3 Å². The molecule has 1 aliphatic rings. The number of hydrogen-bond donors (Lipinski definition) is 1. The third-order valence-electron chi connectivity index (χ3n) is 3.88. The highest BCUT2D eigenvalue weighted by Gasteiger charge is 2.27. The fraction of sp³-hybridized carbons (Fsp3) is 0.467. The largest absolute Gasteiger partial charge is 0.334 e. The van der Waals surface area contributed by atoms with Gasteiger partial charge in [-0.15, -0.1) is 0 Å². The number of H-pyrrole nitrogens is 1. The van der Waals surface area contributed by atoms with Crippen molar-refractivity contribution < 1.29 is 4.79 Å². The van der Waals surface area contributed by atoms with E-state index in [-0.39, 0.29) is 11.9 Å². The SMILES string of the molecule is CC(=O)N1CCCCC1c1cc(-c2ccn[nH]2)nc(C)n1. The number of nitrogens with zero attached hydrogens (tertiary/aromatic N) is 4. The minimum atomic E-state index is 0.0552. The third kappa shape index (κ3) is 2.79. The van der Waals surface area contributed by atoms with Crippen molar-refractivity contribution in [3.63, 3.8) is 0 Å². The molecule has 1 aliphatic heterocycles. The highest BCUT2D eigenvalue weighted by atomic mass is 16.2. The Kier molecular flexibility index (Phi) is 3.68. The van der Waals surface area contributed by atoms with Gasteiger partial charge in [-0.2, -0.15) is 5.10 Å². The molecule has 0 aliphatic carbocycles. The minimum Gasteiger partial charge on any atom is -0.334 e. The van der Waals surface area contributed by atoms with Gasteiger partial charge in [-0.25, -0.2) is 9.97 Å². The van der Waals surface area contributed by atoms with E-state index in [1.54, 1.807) is 13.1 Å². The van der Waals surface area contributed by atoms with Gasteiger partial charge in [0.15, 0.2) is 0 Å². The fourth-order valence-electron chi connectivity index (χ4n) is 2.91. The molecule has 0 spiro atoms. The van der Waals surface area contributed by atoms with E-state index in [0.29, 0.717) is 5.82 Å². The van der Waals surface area contributed by atoms with E-state index in [2.05, 4.69) is 20.2 Å². The van der Waals surface area contributed by atoms with Crippen molar-refractivity contribution in [2.75, 3.05) is 6.54 Å². The third-order valence-corrected chi connectivity index (χ3v) is 3.88. The van der Waals surface area contributed by atoms with Crippen molar-refractivity contribution >= 4 is 5.91 Å². The maximum absolute atomic E-state index is 11.8. The molecular formula is C15H19N5O. The molecule has 6 nitrogen and oxygen atoms in total. The Balaban J connectivity index is 1.99. The van der Waals surface area contributed by atoms with Crippen LogP contribution in [0.25, 0.3) is 11.4 Å². The lowest BCUT2D eigenvalue weighted by Crippen LogP contribution is -2.37. The van der Waals surface area contributed by atoms with Gasteiger partial charge in [-0.1, -0.05) is 0 Å². The molecule has 110 valence electrons. The summed E-state index contributed by atoms with van der Waals surface area (Å²) in [5, 5.41) is 6.89. The molecular weight excluding hydrogens is 266 g/mol. The molecule has 3 rings (SSSR count). The Morgan fingerprint density at radius 2 is 2.24 bits per heavy atom. The number of aromatic amines is 1. The second kappa shape index (κ2) is 5.63. The molecule has 3 heterocycles. The van der Waals surface area contributed by atoms with Crippen LogP contribution < -0.4 is 0 Å². The number of carbonyl (C=O) groups excluding carboxylic acids is 1. The number of carbonyl (C=O) groups is 1. The molecule has 1 atom stereocenters. The fourth-order valence-corrected chi connectivity index (χ4v) is 2.91. The Bertz CT molecular complexity index is 638.